The van der Waals surface area contributed by atoms with E-state index in [4.69, 9.17) is 10.8 Å². The third kappa shape index (κ3) is 2.17. The van der Waals surface area contributed by atoms with Crippen LogP contribution < -0.4 is 5.73 Å². The molecule has 2 aromatic rings. The summed E-state index contributed by atoms with van der Waals surface area (Å²) in [7, 11) is 1.67. The number of likely N-dealkylation sites (N-methyl/N-ethyl adjacent to an activating group) is 1. The molecule has 0 saturated carbocycles. The zero-order chi connectivity index (χ0) is 13.3. The minimum atomic E-state index is -0.214. The fraction of sp³-hybridized carbons (Fsp3) is 0.308. The Morgan fingerprint density at radius 3 is 2.89 bits per heavy atom. The average molecular weight is 247 g/mol. The Kier molecular flexibility index (Phi) is 3.25. The maximum Gasteiger partial charge on any atom is 0.270 e. The molecule has 0 fully saturated rings. The Bertz CT molecular complexity index is 577. The first-order chi connectivity index (χ1) is 8.52. The van der Waals surface area contributed by atoms with Crippen molar-refractivity contribution in [3.63, 3.8) is 0 Å². The molecular formula is C13H17N3O2. The Balaban J connectivity index is 2.33. The second-order valence-corrected chi connectivity index (χ2v) is 4.48. The number of carbonyl (C=O) groups excluding carboxylic acids is 1. The second kappa shape index (κ2) is 4.70. The molecule has 0 saturated heterocycles. The van der Waals surface area contributed by atoms with Crippen LogP contribution in [-0.4, -0.2) is 40.6 Å². The van der Waals surface area contributed by atoms with Gasteiger partial charge in [-0.3, -0.25) is 4.79 Å². The van der Waals surface area contributed by atoms with Crippen molar-refractivity contribution in [2.75, 3.05) is 19.4 Å². The van der Waals surface area contributed by atoms with Crippen LogP contribution >= 0.6 is 0 Å². The predicted molar refractivity (Wildman–Crippen MR) is 71.4 cm³/mol. The number of nitrogens with two attached hydrogens (primary N) is 1. The monoisotopic (exact) mass is 247 g/mol. The number of nitrogens with one attached hydrogen (secondary N) is 1. The number of hydrogen-bond acceptors (Lipinski definition) is 3. The largest absolute Gasteiger partial charge is 0.399 e. The molecule has 0 aliphatic carbocycles. The molecule has 5 nitrogen and oxygen atoms in total. The molecule has 1 unspecified atom stereocenters. The Hall–Kier alpha value is -2.01. The molecule has 18 heavy (non-hydrogen) atoms. The number of aromatic nitrogens is 1. The lowest BCUT2D eigenvalue weighted by molar-refractivity contribution is 0.0677. The van der Waals surface area contributed by atoms with Crippen molar-refractivity contribution < 1.29 is 9.90 Å². The van der Waals surface area contributed by atoms with Gasteiger partial charge in [-0.1, -0.05) is 0 Å². The molecule has 2 rings (SSSR count). The van der Waals surface area contributed by atoms with Crippen molar-refractivity contribution in [2.24, 2.45) is 0 Å². The van der Waals surface area contributed by atoms with E-state index in [1.54, 1.807) is 26.1 Å². The summed E-state index contributed by atoms with van der Waals surface area (Å²) < 4.78 is 0. The highest BCUT2D eigenvalue weighted by Crippen LogP contribution is 2.19. The zero-order valence-electron chi connectivity index (χ0n) is 10.5. The summed E-state index contributed by atoms with van der Waals surface area (Å²) in [5.41, 5.74) is 7.73. The lowest BCUT2D eigenvalue weighted by atomic mass is 10.2. The number of rotatable bonds is 3. The van der Waals surface area contributed by atoms with E-state index in [0.717, 1.165) is 10.9 Å². The van der Waals surface area contributed by atoms with Crippen LogP contribution in [-0.2, 0) is 0 Å². The normalized spacial score (nSPS) is 12.6. The lowest BCUT2D eigenvalue weighted by Gasteiger charge is -2.22. The van der Waals surface area contributed by atoms with Gasteiger partial charge in [-0.15, -0.1) is 0 Å². The summed E-state index contributed by atoms with van der Waals surface area (Å²) in [6.07, 6.45) is 0. The summed E-state index contributed by atoms with van der Waals surface area (Å²) in [4.78, 5) is 16.7. The van der Waals surface area contributed by atoms with Crippen LogP contribution in [0.5, 0.6) is 0 Å². The number of anilines is 1. The van der Waals surface area contributed by atoms with E-state index in [9.17, 15) is 4.79 Å². The van der Waals surface area contributed by atoms with E-state index < -0.39 is 0 Å². The van der Waals surface area contributed by atoms with E-state index in [2.05, 4.69) is 4.98 Å². The summed E-state index contributed by atoms with van der Waals surface area (Å²) in [6.45, 7) is 1.73. The van der Waals surface area contributed by atoms with Crippen molar-refractivity contribution in [1.29, 1.82) is 0 Å². The number of aliphatic hydroxyl groups excluding tert-OH is 1. The molecule has 1 amide bonds. The van der Waals surface area contributed by atoms with Crippen LogP contribution in [0.2, 0.25) is 0 Å². The highest BCUT2D eigenvalue weighted by Gasteiger charge is 2.18. The van der Waals surface area contributed by atoms with Crippen LogP contribution in [0.3, 0.4) is 0 Å². The minimum absolute atomic E-state index is 0.0601. The van der Waals surface area contributed by atoms with Gasteiger partial charge in [0.25, 0.3) is 5.91 Å². The summed E-state index contributed by atoms with van der Waals surface area (Å²) >= 11 is 0. The number of fused-ring (bicyclic) bond motifs is 1. The smallest absolute Gasteiger partial charge is 0.270 e. The van der Waals surface area contributed by atoms with Gasteiger partial charge in [-0.25, -0.2) is 0 Å². The van der Waals surface area contributed by atoms with Crippen LogP contribution in [0, 0.1) is 0 Å². The molecule has 0 spiro atoms. The number of H-pyrrole nitrogens is 1. The molecule has 1 aromatic carbocycles. The predicted octanol–water partition coefficient (Wildman–Crippen LogP) is 1.20. The lowest BCUT2D eigenvalue weighted by Crippen LogP contribution is -2.37. The molecule has 5 heteroatoms. The third-order valence-corrected chi connectivity index (χ3v) is 3.12. The number of hydrogen-bond donors (Lipinski definition) is 3. The van der Waals surface area contributed by atoms with Crippen LogP contribution in [0.25, 0.3) is 10.9 Å². The van der Waals surface area contributed by atoms with Gasteiger partial charge < -0.3 is 20.7 Å². The molecule has 0 bridgehead atoms. The SMILES string of the molecule is CC(CO)N(C)C(=O)c1cc2cc(N)ccc2[nH]1. The van der Waals surface area contributed by atoms with Crippen molar-refractivity contribution in [1.82, 2.24) is 9.88 Å². The Morgan fingerprint density at radius 1 is 1.50 bits per heavy atom. The number of benzene rings is 1. The molecular weight excluding hydrogens is 230 g/mol. The fourth-order valence-corrected chi connectivity index (χ4v) is 1.78. The van der Waals surface area contributed by atoms with E-state index in [-0.39, 0.29) is 18.6 Å². The third-order valence-electron chi connectivity index (χ3n) is 3.12. The highest BCUT2D eigenvalue weighted by atomic mass is 16.3. The average Bonchev–Trinajstić information content (AvgIpc) is 2.78. The first-order valence-corrected chi connectivity index (χ1v) is 5.79. The Labute approximate surface area is 105 Å². The van der Waals surface area contributed by atoms with Crippen molar-refractivity contribution in [3.05, 3.63) is 30.0 Å². The van der Waals surface area contributed by atoms with Gasteiger partial charge in [0.2, 0.25) is 0 Å². The van der Waals surface area contributed by atoms with Gasteiger partial charge in [-0.2, -0.15) is 0 Å². The van der Waals surface area contributed by atoms with E-state index in [1.807, 2.05) is 12.1 Å². The molecule has 0 aliphatic rings. The molecule has 96 valence electrons. The molecule has 0 aliphatic heterocycles. The number of amides is 1. The second-order valence-electron chi connectivity index (χ2n) is 4.48. The summed E-state index contributed by atoms with van der Waals surface area (Å²) in [6, 6.07) is 7.01. The molecule has 1 atom stereocenters. The first kappa shape index (κ1) is 12.4. The summed E-state index contributed by atoms with van der Waals surface area (Å²) in [5, 5.41) is 9.96. The number of aromatic amines is 1. The topological polar surface area (TPSA) is 82.3 Å². The number of nitrogen functional groups attached to an aromatic ring is 1. The van der Waals surface area contributed by atoms with E-state index >= 15 is 0 Å². The van der Waals surface area contributed by atoms with Gasteiger partial charge in [-0.05, 0) is 31.2 Å². The molecule has 0 radical (unpaired) electrons. The van der Waals surface area contributed by atoms with Gasteiger partial charge >= 0.3 is 0 Å². The van der Waals surface area contributed by atoms with Crippen LogP contribution in [0.1, 0.15) is 17.4 Å². The minimum Gasteiger partial charge on any atom is -0.399 e. The molecule has 1 aromatic heterocycles. The van der Waals surface area contributed by atoms with E-state index in [0.29, 0.717) is 11.4 Å². The summed E-state index contributed by atoms with van der Waals surface area (Å²) in [5.74, 6) is -0.147. The maximum atomic E-state index is 12.2. The zero-order valence-corrected chi connectivity index (χ0v) is 10.5. The van der Waals surface area contributed by atoms with Gasteiger partial charge in [0, 0.05) is 23.6 Å². The van der Waals surface area contributed by atoms with Crippen LogP contribution in [0.15, 0.2) is 24.3 Å². The fourth-order valence-electron chi connectivity index (χ4n) is 1.78. The quantitative estimate of drug-likeness (QED) is 0.713. The van der Waals surface area contributed by atoms with Crippen molar-refractivity contribution in [2.45, 2.75) is 13.0 Å². The number of aliphatic hydroxyl groups is 1. The van der Waals surface area contributed by atoms with Crippen LogP contribution in [0.4, 0.5) is 5.69 Å². The first-order valence-electron chi connectivity index (χ1n) is 5.79. The Morgan fingerprint density at radius 2 is 2.22 bits per heavy atom. The standard InChI is InChI=1S/C13H17N3O2/c1-8(7-17)16(2)13(18)12-6-9-5-10(14)3-4-11(9)15-12/h3-6,8,15,17H,7,14H2,1-2H3. The number of carbonyl (C=O) groups is 1. The molecule has 4 N–H and O–H groups in total. The van der Waals surface area contributed by atoms with Crippen molar-refractivity contribution >= 4 is 22.5 Å². The maximum absolute atomic E-state index is 12.2. The van der Waals surface area contributed by atoms with E-state index in [1.165, 1.54) is 4.90 Å². The number of nitrogens with zero attached hydrogens (tertiary/aromatic N) is 1. The van der Waals surface area contributed by atoms with Gasteiger partial charge in [0.15, 0.2) is 0 Å². The molecule has 1 heterocycles. The highest BCUT2D eigenvalue weighted by molar-refractivity contribution is 5.98. The van der Waals surface area contributed by atoms with Gasteiger partial charge in [0.1, 0.15) is 5.69 Å². The van der Waals surface area contributed by atoms with Gasteiger partial charge in [0.05, 0.1) is 12.6 Å². The van der Waals surface area contributed by atoms with Crippen molar-refractivity contribution in [3.8, 4) is 0 Å².